The van der Waals surface area contributed by atoms with Crippen molar-refractivity contribution in [2.24, 2.45) is 5.73 Å². The summed E-state index contributed by atoms with van der Waals surface area (Å²) in [6.07, 6.45) is 0. The molecule has 0 saturated heterocycles. The maximum absolute atomic E-state index is 9.84. The first kappa shape index (κ1) is 18.8. The predicted molar refractivity (Wildman–Crippen MR) is 113 cm³/mol. The van der Waals surface area contributed by atoms with Crippen LogP contribution in [0.25, 0.3) is 11.3 Å². The third-order valence-corrected chi connectivity index (χ3v) is 5.39. The van der Waals surface area contributed by atoms with Crippen molar-refractivity contribution in [2.75, 3.05) is 0 Å². The quantitative estimate of drug-likeness (QED) is 0.658. The molecule has 0 spiro atoms. The minimum Gasteiger partial charge on any atom is -0.420 e. The largest absolute Gasteiger partial charge is 0.420 e. The van der Waals surface area contributed by atoms with E-state index < -0.39 is 0 Å². The Bertz CT molecular complexity index is 1120. The van der Waals surface area contributed by atoms with Crippen molar-refractivity contribution in [1.29, 1.82) is 5.26 Å². The molecule has 1 aliphatic heterocycles. The Morgan fingerprint density at radius 3 is 2.31 bits per heavy atom. The Morgan fingerprint density at radius 1 is 1.07 bits per heavy atom. The van der Waals surface area contributed by atoms with Crippen molar-refractivity contribution in [3.63, 3.8) is 0 Å². The van der Waals surface area contributed by atoms with Crippen molar-refractivity contribution >= 4 is 0 Å². The van der Waals surface area contributed by atoms with Crippen LogP contribution in [-0.4, -0.2) is 10.2 Å². The van der Waals surface area contributed by atoms with Crippen LogP contribution in [0.15, 0.2) is 60.0 Å². The highest BCUT2D eigenvalue weighted by atomic mass is 16.5. The average molecular weight is 384 g/mol. The van der Waals surface area contributed by atoms with Gasteiger partial charge in [0.15, 0.2) is 0 Å². The summed E-state index contributed by atoms with van der Waals surface area (Å²) in [6.45, 7) is 8.59. The van der Waals surface area contributed by atoms with Crippen LogP contribution in [0.3, 0.4) is 0 Å². The van der Waals surface area contributed by atoms with Gasteiger partial charge in [-0.25, -0.2) is 0 Å². The fourth-order valence-electron chi connectivity index (χ4n) is 3.69. The number of nitrogens with zero attached hydrogens (tertiary/aromatic N) is 2. The van der Waals surface area contributed by atoms with Gasteiger partial charge in [-0.05, 0) is 23.5 Å². The summed E-state index contributed by atoms with van der Waals surface area (Å²) in [4.78, 5) is 0. The van der Waals surface area contributed by atoms with Crippen LogP contribution < -0.4 is 10.5 Å². The van der Waals surface area contributed by atoms with E-state index in [2.05, 4.69) is 73.4 Å². The number of aryl methyl sites for hydroxylation is 1. The van der Waals surface area contributed by atoms with E-state index in [0.29, 0.717) is 11.5 Å². The standard InChI is InChI=1S/C24H24N4O/c1-14-5-7-16(8-6-14)21-20-19(15-9-11-17(12-10-15)24(2,3)4)18(13-25)22(26)29-23(20)28-27-21/h5-12,19H,26H2,1-4H3,(H,27,28). The Hall–Kier alpha value is -3.52. The van der Waals surface area contributed by atoms with E-state index in [1.165, 1.54) is 11.1 Å². The number of rotatable bonds is 2. The number of H-pyrrole nitrogens is 1. The first-order valence-corrected chi connectivity index (χ1v) is 9.63. The fourth-order valence-corrected chi connectivity index (χ4v) is 3.69. The zero-order valence-corrected chi connectivity index (χ0v) is 17.1. The van der Waals surface area contributed by atoms with Crippen LogP contribution in [-0.2, 0) is 5.41 Å². The molecule has 5 heteroatoms. The minimum atomic E-state index is -0.340. The number of ether oxygens (including phenoxy) is 1. The van der Waals surface area contributed by atoms with E-state index in [-0.39, 0.29) is 17.2 Å². The van der Waals surface area contributed by atoms with Crippen LogP contribution >= 0.6 is 0 Å². The van der Waals surface area contributed by atoms with Gasteiger partial charge in [-0.3, -0.25) is 5.10 Å². The third kappa shape index (κ3) is 3.27. The second-order valence-electron chi connectivity index (χ2n) is 8.48. The highest BCUT2D eigenvalue weighted by Gasteiger charge is 2.35. The monoisotopic (exact) mass is 384 g/mol. The van der Waals surface area contributed by atoms with Crippen LogP contribution in [0, 0.1) is 18.3 Å². The molecule has 2 heterocycles. The van der Waals surface area contributed by atoms with Crippen LogP contribution in [0.1, 0.15) is 48.9 Å². The Kier molecular flexibility index (Phi) is 4.43. The molecule has 1 unspecified atom stereocenters. The number of fused-ring (bicyclic) bond motifs is 1. The average Bonchev–Trinajstić information content (AvgIpc) is 3.10. The molecule has 1 aliphatic rings. The third-order valence-electron chi connectivity index (χ3n) is 5.39. The number of nitriles is 1. The molecule has 1 atom stereocenters. The van der Waals surface area contributed by atoms with E-state index in [9.17, 15) is 5.26 Å². The number of aromatic amines is 1. The van der Waals surface area contributed by atoms with Gasteiger partial charge in [0, 0.05) is 5.56 Å². The second-order valence-corrected chi connectivity index (χ2v) is 8.48. The molecule has 0 saturated carbocycles. The maximum atomic E-state index is 9.84. The Balaban J connectivity index is 1.88. The van der Waals surface area contributed by atoms with Crippen molar-refractivity contribution in [2.45, 2.75) is 39.0 Å². The molecule has 3 aromatic rings. The number of nitrogens with one attached hydrogen (secondary N) is 1. The first-order valence-electron chi connectivity index (χ1n) is 9.63. The molecule has 3 N–H and O–H groups in total. The summed E-state index contributed by atoms with van der Waals surface area (Å²) in [7, 11) is 0. The van der Waals surface area contributed by atoms with Gasteiger partial charge in [0.25, 0.3) is 0 Å². The maximum Gasteiger partial charge on any atom is 0.244 e. The topological polar surface area (TPSA) is 87.7 Å². The molecule has 0 fully saturated rings. The van der Waals surface area contributed by atoms with Crippen molar-refractivity contribution in [1.82, 2.24) is 10.2 Å². The Labute approximate surface area is 170 Å². The van der Waals surface area contributed by atoms with Gasteiger partial charge in [-0.15, -0.1) is 5.10 Å². The summed E-state index contributed by atoms with van der Waals surface area (Å²) in [5.74, 6) is 0.182. The highest BCUT2D eigenvalue weighted by molar-refractivity contribution is 5.71. The number of hydrogen-bond acceptors (Lipinski definition) is 4. The molecule has 146 valence electrons. The molecule has 1 aromatic heterocycles. The highest BCUT2D eigenvalue weighted by Crippen LogP contribution is 2.45. The lowest BCUT2D eigenvalue weighted by Crippen LogP contribution is -2.21. The zero-order valence-electron chi connectivity index (χ0n) is 17.1. The molecule has 29 heavy (non-hydrogen) atoms. The van der Waals surface area contributed by atoms with Crippen molar-refractivity contribution < 1.29 is 4.74 Å². The fraction of sp³-hybridized carbons (Fsp3) is 0.250. The second kappa shape index (κ2) is 6.82. The first-order chi connectivity index (χ1) is 13.8. The molecule has 0 radical (unpaired) electrons. The summed E-state index contributed by atoms with van der Waals surface area (Å²) in [5.41, 5.74) is 12.6. The number of aromatic nitrogens is 2. The lowest BCUT2D eigenvalue weighted by atomic mass is 9.80. The van der Waals surface area contributed by atoms with E-state index in [1.54, 1.807) is 0 Å². The normalized spacial score (nSPS) is 16.2. The summed E-state index contributed by atoms with van der Waals surface area (Å²) >= 11 is 0. The lowest BCUT2D eigenvalue weighted by molar-refractivity contribution is 0.379. The molecular weight excluding hydrogens is 360 g/mol. The summed E-state index contributed by atoms with van der Waals surface area (Å²) in [6, 6.07) is 18.8. The zero-order chi connectivity index (χ0) is 20.8. The van der Waals surface area contributed by atoms with Gasteiger partial charge < -0.3 is 10.5 Å². The Morgan fingerprint density at radius 2 is 1.72 bits per heavy atom. The van der Waals surface area contributed by atoms with Gasteiger partial charge in [0.2, 0.25) is 11.8 Å². The van der Waals surface area contributed by atoms with E-state index >= 15 is 0 Å². The molecule has 2 aromatic carbocycles. The van der Waals surface area contributed by atoms with Crippen molar-refractivity contribution in [3.05, 3.63) is 82.2 Å². The lowest BCUT2D eigenvalue weighted by Gasteiger charge is -2.25. The smallest absolute Gasteiger partial charge is 0.244 e. The van der Waals surface area contributed by atoms with Crippen LogP contribution in [0.4, 0.5) is 0 Å². The van der Waals surface area contributed by atoms with E-state index in [0.717, 1.165) is 22.4 Å². The van der Waals surface area contributed by atoms with Crippen LogP contribution in [0.2, 0.25) is 0 Å². The van der Waals surface area contributed by atoms with Gasteiger partial charge in [-0.2, -0.15) is 5.26 Å². The van der Waals surface area contributed by atoms with Gasteiger partial charge in [-0.1, -0.05) is 74.9 Å². The van der Waals surface area contributed by atoms with Gasteiger partial charge in [0.1, 0.15) is 11.6 Å². The molecule has 0 bridgehead atoms. The SMILES string of the molecule is Cc1ccc(-c2[nH]nc3c2C(c2ccc(C(C)(C)C)cc2)C(C#N)=C(N)O3)cc1. The molecule has 0 aliphatic carbocycles. The molecule has 5 nitrogen and oxygen atoms in total. The minimum absolute atomic E-state index is 0.0506. The van der Waals surface area contributed by atoms with Crippen LogP contribution in [0.5, 0.6) is 5.88 Å². The van der Waals surface area contributed by atoms with Crippen molar-refractivity contribution in [3.8, 4) is 23.2 Å². The van der Waals surface area contributed by atoms with E-state index in [4.69, 9.17) is 10.5 Å². The summed E-state index contributed by atoms with van der Waals surface area (Å²) < 4.78 is 5.68. The van der Waals surface area contributed by atoms with E-state index in [1.807, 2.05) is 19.1 Å². The van der Waals surface area contributed by atoms with Gasteiger partial charge in [0.05, 0.1) is 17.2 Å². The predicted octanol–water partition coefficient (Wildman–Crippen LogP) is 4.90. The summed E-state index contributed by atoms with van der Waals surface area (Å²) in [5, 5.41) is 17.3. The van der Waals surface area contributed by atoms with Gasteiger partial charge >= 0.3 is 0 Å². The molecule has 4 rings (SSSR count). The molecule has 0 amide bonds. The molecular formula is C24H24N4O. The number of nitrogens with two attached hydrogens (primary N) is 1. The number of allylic oxidation sites excluding steroid dienone is 1. The number of hydrogen-bond donors (Lipinski definition) is 2. The number of benzene rings is 2.